The summed E-state index contributed by atoms with van der Waals surface area (Å²) < 4.78 is 28.4. The van der Waals surface area contributed by atoms with Crippen LogP contribution in [-0.4, -0.2) is 50.4 Å². The molecule has 2 heterocycles. The fourth-order valence-electron chi connectivity index (χ4n) is 2.99. The van der Waals surface area contributed by atoms with Crippen LogP contribution in [0.2, 0.25) is 0 Å². The zero-order valence-electron chi connectivity index (χ0n) is 11.8. The summed E-state index contributed by atoms with van der Waals surface area (Å²) in [6.07, 6.45) is 0.254. The predicted molar refractivity (Wildman–Crippen MR) is 77.6 cm³/mol. The van der Waals surface area contributed by atoms with Crippen LogP contribution in [0.25, 0.3) is 0 Å². The number of carbonyl (C=O) groups excluding carboxylic acids is 1. The third-order valence-corrected chi connectivity index (χ3v) is 5.80. The van der Waals surface area contributed by atoms with Crippen LogP contribution in [0.15, 0.2) is 24.3 Å². The van der Waals surface area contributed by atoms with Gasteiger partial charge in [-0.2, -0.15) is 0 Å². The standard InChI is InChI=1S/C14H18N2O4S/c1-20-12-4-2-10(3-5-12)14-15-8-13(17)16(14)11-6-7-21(18,19)9-11/h2-5,11,14-15H,6-9H2,1H3. The highest BCUT2D eigenvalue weighted by atomic mass is 32.2. The van der Waals surface area contributed by atoms with E-state index in [-0.39, 0.29) is 36.2 Å². The minimum atomic E-state index is -3.01. The van der Waals surface area contributed by atoms with E-state index in [0.717, 1.165) is 11.3 Å². The molecule has 114 valence electrons. The molecular weight excluding hydrogens is 292 g/mol. The molecule has 1 amide bonds. The van der Waals surface area contributed by atoms with Crippen LogP contribution in [0, 0.1) is 0 Å². The largest absolute Gasteiger partial charge is 0.497 e. The lowest BCUT2D eigenvalue weighted by molar-refractivity contribution is -0.129. The van der Waals surface area contributed by atoms with E-state index in [9.17, 15) is 13.2 Å². The Morgan fingerprint density at radius 1 is 1.29 bits per heavy atom. The second-order valence-corrected chi connectivity index (χ2v) is 7.64. The van der Waals surface area contributed by atoms with Crippen molar-refractivity contribution in [3.8, 4) is 5.75 Å². The van der Waals surface area contributed by atoms with Crippen molar-refractivity contribution in [3.05, 3.63) is 29.8 Å². The van der Waals surface area contributed by atoms with E-state index in [1.807, 2.05) is 24.3 Å². The zero-order chi connectivity index (χ0) is 15.0. The first kappa shape index (κ1) is 14.3. The highest BCUT2D eigenvalue weighted by Crippen LogP contribution is 2.30. The molecule has 1 aromatic rings. The lowest BCUT2D eigenvalue weighted by Crippen LogP contribution is -2.40. The van der Waals surface area contributed by atoms with E-state index in [1.54, 1.807) is 12.0 Å². The van der Waals surface area contributed by atoms with Crippen molar-refractivity contribution in [2.45, 2.75) is 18.6 Å². The lowest BCUT2D eigenvalue weighted by Gasteiger charge is -2.29. The van der Waals surface area contributed by atoms with Crippen molar-refractivity contribution < 1.29 is 17.9 Å². The van der Waals surface area contributed by atoms with Crippen LogP contribution in [0.5, 0.6) is 5.75 Å². The maximum absolute atomic E-state index is 12.1. The molecule has 2 saturated heterocycles. The van der Waals surface area contributed by atoms with Gasteiger partial charge in [0.25, 0.3) is 0 Å². The van der Waals surface area contributed by atoms with Crippen LogP contribution in [0.3, 0.4) is 0 Å². The number of sulfone groups is 1. The minimum absolute atomic E-state index is 0.0436. The highest BCUT2D eigenvalue weighted by Gasteiger charge is 2.41. The van der Waals surface area contributed by atoms with Gasteiger partial charge in [-0.1, -0.05) is 12.1 Å². The lowest BCUT2D eigenvalue weighted by atomic mass is 10.1. The van der Waals surface area contributed by atoms with Crippen LogP contribution < -0.4 is 10.1 Å². The number of amides is 1. The minimum Gasteiger partial charge on any atom is -0.497 e. The summed E-state index contributed by atoms with van der Waals surface area (Å²) in [5, 5.41) is 3.16. The summed E-state index contributed by atoms with van der Waals surface area (Å²) in [5.74, 6) is 0.931. The third-order valence-electron chi connectivity index (χ3n) is 4.05. The molecule has 0 aromatic heterocycles. The van der Waals surface area contributed by atoms with Gasteiger partial charge in [0.05, 0.1) is 25.2 Å². The quantitative estimate of drug-likeness (QED) is 0.870. The van der Waals surface area contributed by atoms with Crippen molar-refractivity contribution in [3.63, 3.8) is 0 Å². The Morgan fingerprint density at radius 2 is 2.00 bits per heavy atom. The van der Waals surface area contributed by atoms with E-state index in [1.165, 1.54) is 0 Å². The molecule has 0 radical (unpaired) electrons. The number of hydrogen-bond acceptors (Lipinski definition) is 5. The second-order valence-electron chi connectivity index (χ2n) is 5.41. The molecule has 1 aromatic carbocycles. The molecule has 0 spiro atoms. The molecule has 0 saturated carbocycles. The fourth-order valence-corrected chi connectivity index (χ4v) is 4.70. The number of methoxy groups -OCH3 is 1. The van der Waals surface area contributed by atoms with E-state index in [2.05, 4.69) is 5.32 Å². The highest BCUT2D eigenvalue weighted by molar-refractivity contribution is 7.91. The maximum atomic E-state index is 12.1. The first-order valence-corrected chi connectivity index (χ1v) is 8.71. The Morgan fingerprint density at radius 3 is 2.57 bits per heavy atom. The predicted octanol–water partition coefficient (Wildman–Crippen LogP) is 0.313. The Kier molecular flexibility index (Phi) is 3.62. The summed E-state index contributed by atoms with van der Waals surface area (Å²) in [6.45, 7) is 0.243. The average molecular weight is 310 g/mol. The number of carbonyl (C=O) groups is 1. The molecule has 3 rings (SSSR count). The normalized spacial score (nSPS) is 28.0. The van der Waals surface area contributed by atoms with E-state index >= 15 is 0 Å². The Balaban J connectivity index is 1.85. The topological polar surface area (TPSA) is 75.7 Å². The number of rotatable bonds is 3. The summed E-state index contributed by atoms with van der Waals surface area (Å²) >= 11 is 0. The Hall–Kier alpha value is -1.60. The van der Waals surface area contributed by atoms with Gasteiger partial charge in [-0.3, -0.25) is 10.1 Å². The van der Waals surface area contributed by atoms with Crippen LogP contribution in [0.4, 0.5) is 0 Å². The van der Waals surface area contributed by atoms with Crippen molar-refractivity contribution >= 4 is 15.7 Å². The van der Waals surface area contributed by atoms with Crippen LogP contribution in [0.1, 0.15) is 18.2 Å². The smallest absolute Gasteiger partial charge is 0.238 e. The van der Waals surface area contributed by atoms with Crippen molar-refractivity contribution in [2.75, 3.05) is 25.2 Å². The average Bonchev–Trinajstić information content (AvgIpc) is 3.01. The monoisotopic (exact) mass is 310 g/mol. The van der Waals surface area contributed by atoms with Gasteiger partial charge in [0.2, 0.25) is 5.91 Å². The molecule has 0 aliphatic carbocycles. The number of benzene rings is 1. The SMILES string of the molecule is COc1ccc(C2NCC(=O)N2C2CCS(=O)(=O)C2)cc1. The van der Waals surface area contributed by atoms with Gasteiger partial charge in [-0.15, -0.1) is 0 Å². The molecule has 2 unspecified atom stereocenters. The van der Waals surface area contributed by atoms with Gasteiger partial charge in [-0.25, -0.2) is 8.42 Å². The van der Waals surface area contributed by atoms with Gasteiger partial charge in [-0.05, 0) is 24.1 Å². The van der Waals surface area contributed by atoms with Crippen molar-refractivity contribution in [1.29, 1.82) is 0 Å². The van der Waals surface area contributed by atoms with Gasteiger partial charge in [0.15, 0.2) is 9.84 Å². The molecule has 2 aliphatic rings. The zero-order valence-corrected chi connectivity index (χ0v) is 12.6. The van der Waals surface area contributed by atoms with E-state index < -0.39 is 9.84 Å². The van der Waals surface area contributed by atoms with E-state index in [4.69, 9.17) is 4.74 Å². The summed E-state index contributed by atoms with van der Waals surface area (Å²) in [5.41, 5.74) is 0.936. The van der Waals surface area contributed by atoms with Crippen molar-refractivity contribution in [1.82, 2.24) is 10.2 Å². The van der Waals surface area contributed by atoms with Crippen LogP contribution >= 0.6 is 0 Å². The molecule has 1 N–H and O–H groups in total. The molecule has 2 fully saturated rings. The first-order valence-electron chi connectivity index (χ1n) is 6.89. The first-order chi connectivity index (χ1) is 10.00. The second kappa shape index (κ2) is 5.31. The summed E-state index contributed by atoms with van der Waals surface area (Å²) in [4.78, 5) is 13.8. The van der Waals surface area contributed by atoms with Crippen molar-refractivity contribution in [2.24, 2.45) is 0 Å². The third kappa shape index (κ3) is 2.75. The number of ether oxygens (including phenoxy) is 1. The molecule has 6 nitrogen and oxygen atoms in total. The van der Waals surface area contributed by atoms with E-state index in [0.29, 0.717) is 6.42 Å². The molecule has 2 atom stereocenters. The number of hydrogen-bond donors (Lipinski definition) is 1. The van der Waals surface area contributed by atoms with Crippen LogP contribution in [-0.2, 0) is 14.6 Å². The molecule has 0 bridgehead atoms. The van der Waals surface area contributed by atoms with Gasteiger partial charge >= 0.3 is 0 Å². The van der Waals surface area contributed by atoms with Gasteiger partial charge in [0, 0.05) is 6.04 Å². The fraction of sp³-hybridized carbons (Fsp3) is 0.500. The number of nitrogens with one attached hydrogen (secondary N) is 1. The molecule has 7 heteroatoms. The molecule has 21 heavy (non-hydrogen) atoms. The number of nitrogens with zero attached hydrogens (tertiary/aromatic N) is 1. The Labute approximate surface area is 124 Å². The maximum Gasteiger partial charge on any atom is 0.238 e. The van der Waals surface area contributed by atoms with Gasteiger partial charge in [0.1, 0.15) is 11.9 Å². The molecular formula is C14H18N2O4S. The van der Waals surface area contributed by atoms with Gasteiger partial charge < -0.3 is 9.64 Å². The summed E-state index contributed by atoms with van der Waals surface area (Å²) in [7, 11) is -1.42. The molecule has 2 aliphatic heterocycles. The summed E-state index contributed by atoms with van der Waals surface area (Å²) in [6, 6.07) is 7.23. The Bertz CT molecular complexity index is 641.